The molecule has 1 rings (SSSR count). The van der Waals surface area contributed by atoms with Crippen LogP contribution in [0.15, 0.2) is 18.2 Å². The lowest BCUT2D eigenvalue weighted by Gasteiger charge is -2.14. The highest BCUT2D eigenvalue weighted by atomic mass is 35.5. The molecular formula is C10H13ClN2O. The molecule has 14 heavy (non-hydrogen) atoms. The van der Waals surface area contributed by atoms with Crippen LogP contribution in [0.3, 0.4) is 0 Å². The monoisotopic (exact) mass is 212 g/mol. The molecule has 1 aromatic rings. The van der Waals surface area contributed by atoms with E-state index < -0.39 is 0 Å². The van der Waals surface area contributed by atoms with Crippen molar-refractivity contribution in [1.29, 1.82) is 0 Å². The van der Waals surface area contributed by atoms with E-state index in [-0.39, 0.29) is 12.3 Å². The normalized spacial score (nSPS) is 9.93. The number of carbonyl (C=O) groups excluding carboxylic acids is 1. The summed E-state index contributed by atoms with van der Waals surface area (Å²) in [5.74, 6) is -0.350. The first-order valence-corrected chi connectivity index (χ1v) is 4.62. The Kier molecular flexibility index (Phi) is 3.36. The number of nitrogens with zero attached hydrogens (tertiary/aromatic N) is 1. The Balaban J connectivity index is 3.01. The van der Waals surface area contributed by atoms with Crippen LogP contribution in [0.1, 0.15) is 5.56 Å². The summed E-state index contributed by atoms with van der Waals surface area (Å²) in [5, 5.41) is 0.618. The molecule has 0 aliphatic rings. The molecule has 0 bridgehead atoms. The Morgan fingerprint density at radius 3 is 2.57 bits per heavy atom. The first-order valence-electron chi connectivity index (χ1n) is 4.24. The molecule has 3 nitrogen and oxygen atoms in total. The Hall–Kier alpha value is -1.22. The molecule has 76 valence electrons. The minimum Gasteiger partial charge on any atom is -0.378 e. The molecule has 2 N–H and O–H groups in total. The first kappa shape index (κ1) is 10.9. The van der Waals surface area contributed by atoms with Crippen LogP contribution in [0, 0.1) is 0 Å². The van der Waals surface area contributed by atoms with Gasteiger partial charge in [-0.15, -0.1) is 0 Å². The van der Waals surface area contributed by atoms with Crippen molar-refractivity contribution in [2.75, 3.05) is 19.0 Å². The number of carbonyl (C=O) groups is 1. The van der Waals surface area contributed by atoms with E-state index >= 15 is 0 Å². The van der Waals surface area contributed by atoms with Crippen molar-refractivity contribution in [3.05, 3.63) is 28.8 Å². The van der Waals surface area contributed by atoms with Gasteiger partial charge in [0, 0.05) is 24.8 Å². The number of nitrogens with two attached hydrogens (primary N) is 1. The minimum absolute atomic E-state index is 0.224. The maximum absolute atomic E-state index is 10.7. The van der Waals surface area contributed by atoms with Gasteiger partial charge in [-0.3, -0.25) is 4.79 Å². The highest BCUT2D eigenvalue weighted by Crippen LogP contribution is 2.21. The van der Waals surface area contributed by atoms with E-state index in [1.807, 2.05) is 31.1 Å². The fourth-order valence-corrected chi connectivity index (χ4v) is 1.45. The molecular weight excluding hydrogens is 200 g/mol. The maximum Gasteiger partial charge on any atom is 0.221 e. The maximum atomic E-state index is 10.7. The molecule has 4 heteroatoms. The molecule has 0 saturated carbocycles. The van der Waals surface area contributed by atoms with E-state index in [9.17, 15) is 4.79 Å². The quantitative estimate of drug-likeness (QED) is 0.824. The second-order valence-electron chi connectivity index (χ2n) is 3.36. The van der Waals surface area contributed by atoms with Crippen LogP contribution in [-0.4, -0.2) is 20.0 Å². The number of rotatable bonds is 3. The number of anilines is 1. The van der Waals surface area contributed by atoms with Gasteiger partial charge in [-0.2, -0.15) is 0 Å². The summed E-state index contributed by atoms with van der Waals surface area (Å²) in [5.41, 5.74) is 6.91. The van der Waals surface area contributed by atoms with Gasteiger partial charge in [-0.25, -0.2) is 0 Å². The lowest BCUT2D eigenvalue weighted by molar-refractivity contribution is -0.117. The standard InChI is InChI=1S/C10H13ClN2O/c1-13(2)9-4-7(5-10(12)14)3-8(11)6-9/h3-4,6H,5H2,1-2H3,(H2,12,14). The third kappa shape index (κ3) is 2.92. The molecule has 0 aliphatic carbocycles. The lowest BCUT2D eigenvalue weighted by Crippen LogP contribution is -2.14. The Bertz CT molecular complexity index is 350. The minimum atomic E-state index is -0.350. The summed E-state index contributed by atoms with van der Waals surface area (Å²) >= 11 is 5.90. The molecule has 0 aliphatic heterocycles. The van der Waals surface area contributed by atoms with Crippen molar-refractivity contribution in [3.8, 4) is 0 Å². The topological polar surface area (TPSA) is 46.3 Å². The number of amides is 1. The molecule has 0 saturated heterocycles. The molecule has 0 fully saturated rings. The van der Waals surface area contributed by atoms with E-state index in [0.29, 0.717) is 5.02 Å². The Morgan fingerprint density at radius 2 is 2.07 bits per heavy atom. The SMILES string of the molecule is CN(C)c1cc(Cl)cc(CC(N)=O)c1. The van der Waals surface area contributed by atoms with Crippen LogP contribution in [0.4, 0.5) is 5.69 Å². The smallest absolute Gasteiger partial charge is 0.221 e. The molecule has 0 unspecified atom stereocenters. The highest BCUT2D eigenvalue weighted by molar-refractivity contribution is 6.31. The van der Waals surface area contributed by atoms with E-state index in [0.717, 1.165) is 11.3 Å². The van der Waals surface area contributed by atoms with Crippen LogP contribution >= 0.6 is 11.6 Å². The average Bonchev–Trinajstić information content (AvgIpc) is 2.01. The van der Waals surface area contributed by atoms with Gasteiger partial charge in [0.15, 0.2) is 0 Å². The molecule has 0 radical (unpaired) electrons. The van der Waals surface area contributed by atoms with Crippen molar-refractivity contribution in [3.63, 3.8) is 0 Å². The van der Waals surface area contributed by atoms with Gasteiger partial charge >= 0.3 is 0 Å². The predicted molar refractivity (Wildman–Crippen MR) is 58.7 cm³/mol. The number of halogens is 1. The molecule has 0 atom stereocenters. The number of primary amides is 1. The van der Waals surface area contributed by atoms with Crippen molar-refractivity contribution in [1.82, 2.24) is 0 Å². The molecule has 1 amide bonds. The largest absolute Gasteiger partial charge is 0.378 e. The number of hydrogen-bond acceptors (Lipinski definition) is 2. The molecule has 1 aromatic carbocycles. The second kappa shape index (κ2) is 4.33. The summed E-state index contributed by atoms with van der Waals surface area (Å²) in [6, 6.07) is 5.49. The third-order valence-electron chi connectivity index (χ3n) is 1.84. The summed E-state index contributed by atoms with van der Waals surface area (Å²) in [6.45, 7) is 0. The zero-order valence-electron chi connectivity index (χ0n) is 8.25. The van der Waals surface area contributed by atoms with Gasteiger partial charge < -0.3 is 10.6 Å². The Morgan fingerprint density at radius 1 is 1.43 bits per heavy atom. The van der Waals surface area contributed by atoms with Crippen molar-refractivity contribution in [2.45, 2.75) is 6.42 Å². The van der Waals surface area contributed by atoms with E-state index in [1.54, 1.807) is 6.07 Å². The molecule has 0 aromatic heterocycles. The molecule has 0 spiro atoms. The van der Waals surface area contributed by atoms with Gasteiger partial charge in [-0.1, -0.05) is 11.6 Å². The van der Waals surface area contributed by atoms with E-state index in [1.165, 1.54) is 0 Å². The van der Waals surface area contributed by atoms with E-state index in [4.69, 9.17) is 17.3 Å². The third-order valence-corrected chi connectivity index (χ3v) is 2.06. The summed E-state index contributed by atoms with van der Waals surface area (Å²) < 4.78 is 0. The zero-order valence-corrected chi connectivity index (χ0v) is 9.01. The average molecular weight is 213 g/mol. The first-order chi connectivity index (χ1) is 6.49. The molecule has 0 heterocycles. The predicted octanol–water partition coefficient (Wildman–Crippen LogP) is 1.43. The van der Waals surface area contributed by atoms with Crippen molar-refractivity contribution in [2.24, 2.45) is 5.73 Å². The number of benzene rings is 1. The lowest BCUT2D eigenvalue weighted by atomic mass is 10.1. The van der Waals surface area contributed by atoms with Crippen molar-refractivity contribution < 1.29 is 4.79 Å². The van der Waals surface area contributed by atoms with Crippen LogP contribution in [0.2, 0.25) is 5.02 Å². The van der Waals surface area contributed by atoms with E-state index in [2.05, 4.69) is 0 Å². The number of hydrogen-bond donors (Lipinski definition) is 1. The van der Waals surface area contributed by atoms with Gasteiger partial charge in [0.05, 0.1) is 6.42 Å². The fourth-order valence-electron chi connectivity index (χ4n) is 1.19. The van der Waals surface area contributed by atoms with Gasteiger partial charge in [0.1, 0.15) is 0 Å². The van der Waals surface area contributed by atoms with Crippen LogP contribution < -0.4 is 10.6 Å². The van der Waals surface area contributed by atoms with Crippen molar-refractivity contribution >= 4 is 23.2 Å². The fraction of sp³-hybridized carbons (Fsp3) is 0.300. The van der Waals surface area contributed by atoms with Crippen LogP contribution in [0.25, 0.3) is 0 Å². The summed E-state index contributed by atoms with van der Waals surface area (Å²) in [7, 11) is 3.83. The van der Waals surface area contributed by atoms with Gasteiger partial charge in [0.2, 0.25) is 5.91 Å². The second-order valence-corrected chi connectivity index (χ2v) is 3.79. The zero-order chi connectivity index (χ0) is 10.7. The van der Waals surface area contributed by atoms with Crippen LogP contribution in [0.5, 0.6) is 0 Å². The summed E-state index contributed by atoms with van der Waals surface area (Å²) in [6.07, 6.45) is 0.224. The Labute approximate surface area is 88.5 Å². The van der Waals surface area contributed by atoms with Crippen LogP contribution in [-0.2, 0) is 11.2 Å². The highest BCUT2D eigenvalue weighted by Gasteiger charge is 2.03. The summed E-state index contributed by atoms with van der Waals surface area (Å²) in [4.78, 5) is 12.7. The van der Waals surface area contributed by atoms with Gasteiger partial charge in [0.25, 0.3) is 0 Å². The van der Waals surface area contributed by atoms with Gasteiger partial charge in [-0.05, 0) is 23.8 Å².